The number of nitrogens with zero attached hydrogens (tertiary/aromatic N) is 2. The number of phenols is 1. The molecule has 3 rings (SSSR count). The van der Waals surface area contributed by atoms with Crippen molar-refractivity contribution >= 4 is 9.84 Å². The molecule has 0 aliphatic carbocycles. The summed E-state index contributed by atoms with van der Waals surface area (Å²) in [5, 5.41) is 13.3. The van der Waals surface area contributed by atoms with Gasteiger partial charge < -0.3 is 5.11 Å². The standard InChI is InChI=1S/C17H14F2N2O3S/c1-25(23,24)14-8-2-11(3-9-14)16-10-15(17(18)19)20-21(16)12-4-6-13(22)7-5-12/h2-10,17,22H,1H3. The van der Waals surface area contributed by atoms with E-state index in [1.807, 2.05) is 0 Å². The van der Waals surface area contributed by atoms with Crippen molar-refractivity contribution in [2.75, 3.05) is 6.26 Å². The molecule has 0 amide bonds. The molecule has 0 atom stereocenters. The lowest BCUT2D eigenvalue weighted by atomic mass is 10.1. The van der Waals surface area contributed by atoms with Crippen molar-refractivity contribution in [3.05, 3.63) is 60.3 Å². The molecule has 3 aromatic rings. The Kier molecular flexibility index (Phi) is 4.30. The summed E-state index contributed by atoms with van der Waals surface area (Å²) in [4.78, 5) is 0.140. The zero-order valence-electron chi connectivity index (χ0n) is 13.1. The molecule has 130 valence electrons. The minimum Gasteiger partial charge on any atom is -0.508 e. The van der Waals surface area contributed by atoms with Crippen LogP contribution in [0.5, 0.6) is 5.75 Å². The van der Waals surface area contributed by atoms with E-state index in [1.54, 1.807) is 24.3 Å². The maximum atomic E-state index is 13.1. The molecular formula is C17H14F2N2O3S. The number of aromatic hydroxyl groups is 1. The Morgan fingerprint density at radius 3 is 2.16 bits per heavy atom. The van der Waals surface area contributed by atoms with Crippen LogP contribution in [0.1, 0.15) is 12.1 Å². The van der Waals surface area contributed by atoms with Crippen LogP contribution in [0.3, 0.4) is 0 Å². The van der Waals surface area contributed by atoms with Crippen LogP contribution in [0.15, 0.2) is 59.5 Å². The number of aromatic nitrogens is 2. The van der Waals surface area contributed by atoms with Gasteiger partial charge in [-0.25, -0.2) is 21.9 Å². The summed E-state index contributed by atoms with van der Waals surface area (Å²) in [5.74, 6) is 0.0454. The molecule has 0 bridgehead atoms. The number of benzene rings is 2. The highest BCUT2D eigenvalue weighted by Crippen LogP contribution is 2.29. The molecule has 1 N–H and O–H groups in total. The largest absolute Gasteiger partial charge is 0.508 e. The lowest BCUT2D eigenvalue weighted by Gasteiger charge is -2.08. The summed E-state index contributed by atoms with van der Waals surface area (Å²) in [6, 6.07) is 13.1. The van der Waals surface area contributed by atoms with E-state index in [9.17, 15) is 22.3 Å². The van der Waals surface area contributed by atoms with Crippen molar-refractivity contribution < 1.29 is 22.3 Å². The van der Waals surface area contributed by atoms with Gasteiger partial charge in [-0.2, -0.15) is 5.10 Å². The van der Waals surface area contributed by atoms with Gasteiger partial charge in [-0.05, 0) is 42.5 Å². The minimum atomic E-state index is -3.35. The first-order valence-electron chi connectivity index (χ1n) is 7.24. The van der Waals surface area contributed by atoms with Crippen LogP contribution < -0.4 is 0 Å². The molecule has 25 heavy (non-hydrogen) atoms. The Morgan fingerprint density at radius 2 is 1.64 bits per heavy atom. The number of rotatable bonds is 4. The van der Waals surface area contributed by atoms with Gasteiger partial charge in [-0.15, -0.1) is 0 Å². The van der Waals surface area contributed by atoms with Crippen molar-refractivity contribution in [2.45, 2.75) is 11.3 Å². The lowest BCUT2D eigenvalue weighted by Crippen LogP contribution is -2.00. The third-order valence-corrected chi connectivity index (χ3v) is 4.75. The number of halogens is 2. The predicted molar refractivity (Wildman–Crippen MR) is 88.7 cm³/mol. The zero-order valence-corrected chi connectivity index (χ0v) is 13.9. The highest BCUT2D eigenvalue weighted by molar-refractivity contribution is 7.90. The molecule has 0 spiro atoms. The molecule has 0 saturated heterocycles. The second-order valence-electron chi connectivity index (χ2n) is 5.48. The molecule has 0 aliphatic rings. The summed E-state index contributed by atoms with van der Waals surface area (Å²) in [5.41, 5.74) is 1.03. The van der Waals surface area contributed by atoms with Gasteiger partial charge in [0.05, 0.1) is 16.3 Å². The minimum absolute atomic E-state index is 0.0454. The van der Waals surface area contributed by atoms with Crippen molar-refractivity contribution in [1.82, 2.24) is 9.78 Å². The van der Waals surface area contributed by atoms with Crippen molar-refractivity contribution in [2.24, 2.45) is 0 Å². The molecule has 2 aromatic carbocycles. The van der Waals surface area contributed by atoms with Crippen LogP contribution in [0, 0.1) is 0 Å². The molecule has 5 nitrogen and oxygen atoms in total. The third-order valence-electron chi connectivity index (χ3n) is 3.62. The van der Waals surface area contributed by atoms with Crippen LogP contribution in [0.4, 0.5) is 8.78 Å². The van der Waals surface area contributed by atoms with Gasteiger partial charge in [0.15, 0.2) is 9.84 Å². The molecule has 0 aliphatic heterocycles. The fourth-order valence-electron chi connectivity index (χ4n) is 2.38. The number of sulfone groups is 1. The van der Waals surface area contributed by atoms with Crippen LogP contribution in [-0.2, 0) is 9.84 Å². The number of phenolic OH excluding ortho intramolecular Hbond substituents is 1. The predicted octanol–water partition coefficient (Wildman–Crippen LogP) is 3.59. The average Bonchev–Trinajstić information content (AvgIpc) is 3.00. The molecule has 1 aromatic heterocycles. The van der Waals surface area contributed by atoms with E-state index < -0.39 is 22.0 Å². The summed E-state index contributed by atoms with van der Waals surface area (Å²) < 4.78 is 50.6. The van der Waals surface area contributed by atoms with Crippen LogP contribution in [-0.4, -0.2) is 29.6 Å². The summed E-state index contributed by atoms with van der Waals surface area (Å²) in [7, 11) is -3.35. The fraction of sp³-hybridized carbons (Fsp3) is 0.118. The second kappa shape index (κ2) is 6.29. The van der Waals surface area contributed by atoms with Gasteiger partial charge in [0.25, 0.3) is 6.43 Å². The monoisotopic (exact) mass is 364 g/mol. The Balaban J connectivity index is 2.13. The second-order valence-corrected chi connectivity index (χ2v) is 7.50. The average molecular weight is 364 g/mol. The van der Waals surface area contributed by atoms with Crippen molar-refractivity contribution in [3.63, 3.8) is 0 Å². The van der Waals surface area contributed by atoms with Gasteiger partial charge in [0.2, 0.25) is 0 Å². The first-order chi connectivity index (χ1) is 11.8. The topological polar surface area (TPSA) is 72.2 Å². The Hall–Kier alpha value is -2.74. The Labute approximate surface area is 143 Å². The van der Waals surface area contributed by atoms with Gasteiger partial charge in [0, 0.05) is 11.8 Å². The normalized spacial score (nSPS) is 11.8. The van der Waals surface area contributed by atoms with Crippen LogP contribution in [0.25, 0.3) is 16.9 Å². The number of alkyl halides is 2. The first-order valence-corrected chi connectivity index (χ1v) is 9.13. The molecule has 1 heterocycles. The Bertz CT molecular complexity index is 995. The summed E-state index contributed by atoms with van der Waals surface area (Å²) in [6.45, 7) is 0. The van der Waals surface area contributed by atoms with E-state index in [4.69, 9.17) is 0 Å². The van der Waals surface area contributed by atoms with Crippen LogP contribution in [0.2, 0.25) is 0 Å². The lowest BCUT2D eigenvalue weighted by molar-refractivity contribution is 0.145. The van der Waals surface area contributed by atoms with Gasteiger partial charge in [-0.1, -0.05) is 12.1 Å². The molecule has 8 heteroatoms. The molecule has 0 radical (unpaired) electrons. The number of hydrogen-bond acceptors (Lipinski definition) is 4. The maximum Gasteiger partial charge on any atom is 0.282 e. The van der Waals surface area contributed by atoms with E-state index >= 15 is 0 Å². The fourth-order valence-corrected chi connectivity index (χ4v) is 3.01. The van der Waals surface area contributed by atoms with E-state index in [0.29, 0.717) is 16.9 Å². The summed E-state index contributed by atoms with van der Waals surface area (Å²) in [6.07, 6.45) is -1.65. The van der Waals surface area contributed by atoms with E-state index in [-0.39, 0.29) is 10.6 Å². The summed E-state index contributed by atoms with van der Waals surface area (Å²) >= 11 is 0. The van der Waals surface area contributed by atoms with Gasteiger partial charge >= 0.3 is 0 Å². The van der Waals surface area contributed by atoms with E-state index in [1.165, 1.54) is 35.0 Å². The quantitative estimate of drug-likeness (QED) is 0.768. The Morgan fingerprint density at radius 1 is 1.04 bits per heavy atom. The first kappa shape index (κ1) is 17.1. The van der Waals surface area contributed by atoms with Crippen molar-refractivity contribution in [3.8, 4) is 22.7 Å². The van der Waals surface area contributed by atoms with E-state index in [0.717, 1.165) is 6.26 Å². The maximum absolute atomic E-state index is 13.1. The van der Waals surface area contributed by atoms with Gasteiger partial charge in [-0.3, -0.25) is 0 Å². The molecular weight excluding hydrogens is 350 g/mol. The molecule has 0 fully saturated rings. The smallest absolute Gasteiger partial charge is 0.282 e. The van der Waals surface area contributed by atoms with Crippen LogP contribution >= 0.6 is 0 Å². The van der Waals surface area contributed by atoms with Crippen molar-refractivity contribution in [1.29, 1.82) is 0 Å². The number of hydrogen-bond donors (Lipinski definition) is 1. The SMILES string of the molecule is CS(=O)(=O)c1ccc(-c2cc(C(F)F)nn2-c2ccc(O)cc2)cc1. The highest BCUT2D eigenvalue weighted by atomic mass is 32.2. The molecule has 0 unspecified atom stereocenters. The molecule has 0 saturated carbocycles. The zero-order chi connectivity index (χ0) is 18.2. The highest BCUT2D eigenvalue weighted by Gasteiger charge is 2.18. The van der Waals surface area contributed by atoms with Gasteiger partial charge in [0.1, 0.15) is 11.4 Å². The van der Waals surface area contributed by atoms with E-state index in [2.05, 4.69) is 5.10 Å². The third kappa shape index (κ3) is 3.53.